The molecule has 9 nitrogen and oxygen atoms in total. The number of hydrogen-bond acceptors (Lipinski definition) is 9. The van der Waals surface area contributed by atoms with Crippen LogP contribution in [0.25, 0.3) is 22.3 Å². The molecule has 0 aliphatic carbocycles. The highest BCUT2D eigenvalue weighted by molar-refractivity contribution is 5.91. The summed E-state index contributed by atoms with van der Waals surface area (Å²) in [6.45, 7) is 6.20. The number of phenols is 1. The Morgan fingerprint density at radius 2 is 1.74 bits per heavy atom. The topological polar surface area (TPSA) is 103 Å². The maximum absolute atomic E-state index is 13.0. The summed E-state index contributed by atoms with van der Waals surface area (Å²) in [7, 11) is 4.43. The van der Waals surface area contributed by atoms with E-state index in [9.17, 15) is 9.90 Å². The highest BCUT2D eigenvalue weighted by atomic mass is 16.7. The van der Waals surface area contributed by atoms with Crippen LogP contribution in [0.1, 0.15) is 13.8 Å². The predicted octanol–water partition coefficient (Wildman–Crippen LogP) is 3.36. The van der Waals surface area contributed by atoms with Crippen LogP contribution < -0.4 is 25.1 Å². The van der Waals surface area contributed by atoms with Crippen LogP contribution in [0.15, 0.2) is 45.6 Å². The van der Waals surface area contributed by atoms with Crippen LogP contribution >= 0.6 is 0 Å². The van der Waals surface area contributed by atoms with E-state index < -0.39 is 11.7 Å². The molecule has 0 spiro atoms. The van der Waals surface area contributed by atoms with Gasteiger partial charge in [-0.2, -0.15) is 0 Å². The largest absolute Gasteiger partial charge is 0.507 e. The first-order valence-electron chi connectivity index (χ1n) is 11.5. The summed E-state index contributed by atoms with van der Waals surface area (Å²) in [6.07, 6.45) is -0.638. The zero-order valence-electron chi connectivity index (χ0n) is 20.7. The average molecular weight is 485 g/mol. The predicted molar refractivity (Wildman–Crippen MR) is 134 cm³/mol. The minimum absolute atomic E-state index is 0.0105. The minimum Gasteiger partial charge on any atom is -0.507 e. The summed E-state index contributed by atoms with van der Waals surface area (Å²) in [5.41, 5.74) is 1.52. The molecule has 1 saturated heterocycles. The van der Waals surface area contributed by atoms with Crippen molar-refractivity contribution in [1.82, 2.24) is 5.32 Å². The van der Waals surface area contributed by atoms with Gasteiger partial charge in [0.2, 0.25) is 5.75 Å². The van der Waals surface area contributed by atoms with Crippen molar-refractivity contribution in [2.75, 3.05) is 45.9 Å². The standard InChI is InChI=1S/C26H32N2O7/c1-15-12-28(13-16(2)27-15)18-8-6-17(7-9-18)21-10-19(29)24-20(30)11-22(31-3)25(26(24)35-21)34-14-23(32-4)33-5/h6-11,15-16,23,27,30H,12-14H2,1-5H3. The van der Waals surface area contributed by atoms with Gasteiger partial charge in [-0.1, -0.05) is 0 Å². The lowest BCUT2D eigenvalue weighted by molar-refractivity contribution is -0.122. The molecule has 2 heterocycles. The van der Waals surface area contributed by atoms with Crippen LogP contribution in [0.2, 0.25) is 0 Å². The number of phenolic OH excluding ortho intramolecular Hbond substituents is 1. The molecule has 2 atom stereocenters. The van der Waals surface area contributed by atoms with E-state index in [1.54, 1.807) is 0 Å². The van der Waals surface area contributed by atoms with E-state index >= 15 is 0 Å². The van der Waals surface area contributed by atoms with Gasteiger partial charge in [0.1, 0.15) is 23.5 Å². The molecule has 4 rings (SSSR count). The van der Waals surface area contributed by atoms with Crippen molar-refractivity contribution in [2.45, 2.75) is 32.2 Å². The van der Waals surface area contributed by atoms with Crippen LogP contribution in [0.3, 0.4) is 0 Å². The fourth-order valence-electron chi connectivity index (χ4n) is 4.46. The molecular formula is C26H32N2O7. The van der Waals surface area contributed by atoms with E-state index in [1.807, 2.05) is 24.3 Å². The van der Waals surface area contributed by atoms with E-state index in [0.29, 0.717) is 17.8 Å². The zero-order chi connectivity index (χ0) is 25.1. The van der Waals surface area contributed by atoms with Crippen molar-refractivity contribution < 1.29 is 28.5 Å². The number of piperazine rings is 1. The first kappa shape index (κ1) is 24.8. The number of methoxy groups -OCH3 is 3. The molecule has 0 radical (unpaired) electrons. The van der Waals surface area contributed by atoms with Crippen molar-refractivity contribution in [3.8, 4) is 28.6 Å². The normalized spacial score (nSPS) is 18.3. The van der Waals surface area contributed by atoms with Gasteiger partial charge in [-0.15, -0.1) is 0 Å². The second-order valence-electron chi connectivity index (χ2n) is 8.74. The second kappa shape index (κ2) is 10.6. The van der Waals surface area contributed by atoms with Crippen LogP contribution in [0.4, 0.5) is 5.69 Å². The number of anilines is 1. The Labute approximate surface area is 204 Å². The Morgan fingerprint density at radius 1 is 1.09 bits per heavy atom. The van der Waals surface area contributed by atoms with Crippen molar-refractivity contribution >= 4 is 16.7 Å². The molecule has 1 aromatic heterocycles. The van der Waals surface area contributed by atoms with Gasteiger partial charge in [0.15, 0.2) is 23.1 Å². The fraction of sp³-hybridized carbons (Fsp3) is 0.423. The van der Waals surface area contributed by atoms with Crippen molar-refractivity contribution in [2.24, 2.45) is 0 Å². The first-order chi connectivity index (χ1) is 16.8. The van der Waals surface area contributed by atoms with Crippen LogP contribution in [0.5, 0.6) is 17.2 Å². The Hall–Kier alpha value is -3.27. The van der Waals surface area contributed by atoms with Crippen LogP contribution in [-0.2, 0) is 9.47 Å². The minimum atomic E-state index is -0.638. The summed E-state index contributed by atoms with van der Waals surface area (Å²) < 4.78 is 27.8. The molecule has 1 fully saturated rings. The Kier molecular flexibility index (Phi) is 7.49. The van der Waals surface area contributed by atoms with Gasteiger partial charge >= 0.3 is 0 Å². The lowest BCUT2D eigenvalue weighted by Crippen LogP contribution is -2.54. The number of nitrogens with zero attached hydrogens (tertiary/aromatic N) is 1. The number of benzene rings is 2. The number of nitrogens with one attached hydrogen (secondary N) is 1. The molecule has 2 aromatic carbocycles. The molecule has 2 unspecified atom stereocenters. The maximum Gasteiger partial charge on any atom is 0.205 e. The van der Waals surface area contributed by atoms with Crippen molar-refractivity contribution in [3.05, 3.63) is 46.6 Å². The first-order valence-corrected chi connectivity index (χ1v) is 11.5. The number of rotatable bonds is 8. The van der Waals surface area contributed by atoms with Gasteiger partial charge < -0.3 is 38.7 Å². The van der Waals surface area contributed by atoms with Crippen molar-refractivity contribution in [3.63, 3.8) is 0 Å². The molecule has 1 aliphatic rings. The summed E-state index contributed by atoms with van der Waals surface area (Å²) >= 11 is 0. The summed E-state index contributed by atoms with van der Waals surface area (Å²) in [4.78, 5) is 15.3. The average Bonchev–Trinajstić information content (AvgIpc) is 2.84. The molecule has 188 valence electrons. The maximum atomic E-state index is 13.0. The van der Waals surface area contributed by atoms with E-state index in [4.69, 9.17) is 23.4 Å². The number of hydrogen-bond donors (Lipinski definition) is 2. The molecule has 1 aliphatic heterocycles. The number of aromatic hydroxyl groups is 1. The molecule has 3 aromatic rings. The molecule has 0 saturated carbocycles. The van der Waals surface area contributed by atoms with E-state index in [1.165, 1.54) is 33.5 Å². The Morgan fingerprint density at radius 3 is 2.34 bits per heavy atom. The van der Waals surface area contributed by atoms with Crippen molar-refractivity contribution in [1.29, 1.82) is 0 Å². The van der Waals surface area contributed by atoms with Gasteiger partial charge in [0.25, 0.3) is 0 Å². The van der Waals surface area contributed by atoms with E-state index in [0.717, 1.165) is 24.3 Å². The van der Waals surface area contributed by atoms with Crippen LogP contribution in [0, 0.1) is 0 Å². The molecule has 0 amide bonds. The quantitative estimate of drug-likeness (QED) is 0.466. The molecule has 35 heavy (non-hydrogen) atoms. The Bertz CT molecular complexity index is 1210. The van der Waals surface area contributed by atoms with Crippen LogP contribution in [-0.4, -0.2) is 64.5 Å². The van der Waals surface area contributed by atoms with Gasteiger partial charge in [-0.25, -0.2) is 0 Å². The third-order valence-electron chi connectivity index (χ3n) is 6.09. The third kappa shape index (κ3) is 5.22. The highest BCUT2D eigenvalue weighted by Crippen LogP contribution is 2.41. The molecular weight excluding hydrogens is 452 g/mol. The zero-order valence-corrected chi connectivity index (χ0v) is 20.7. The summed E-state index contributed by atoms with van der Waals surface area (Å²) in [5.74, 6) is 0.498. The van der Waals surface area contributed by atoms with Gasteiger partial charge in [0, 0.05) is 62.8 Å². The summed E-state index contributed by atoms with van der Waals surface area (Å²) in [6, 6.07) is 11.4. The molecule has 2 N–H and O–H groups in total. The van der Waals surface area contributed by atoms with Gasteiger partial charge in [-0.05, 0) is 38.1 Å². The second-order valence-corrected chi connectivity index (χ2v) is 8.74. The van der Waals surface area contributed by atoms with Gasteiger partial charge in [0.05, 0.1) is 7.11 Å². The number of ether oxygens (including phenoxy) is 4. The van der Waals surface area contributed by atoms with Gasteiger partial charge in [-0.3, -0.25) is 4.79 Å². The molecule has 0 bridgehead atoms. The summed E-state index contributed by atoms with van der Waals surface area (Å²) in [5, 5.41) is 14.0. The van der Waals surface area contributed by atoms with E-state index in [2.05, 4.69) is 24.1 Å². The fourth-order valence-corrected chi connectivity index (χ4v) is 4.46. The lowest BCUT2D eigenvalue weighted by Gasteiger charge is -2.37. The number of fused-ring (bicyclic) bond motifs is 1. The van der Waals surface area contributed by atoms with E-state index in [-0.39, 0.29) is 34.8 Å². The Balaban J connectivity index is 1.73. The smallest absolute Gasteiger partial charge is 0.205 e. The molecule has 9 heteroatoms. The SMILES string of the molecule is COc1cc(O)c2c(=O)cc(-c3ccc(N4CC(C)NC(C)C4)cc3)oc2c1OCC(OC)OC. The lowest BCUT2D eigenvalue weighted by atomic mass is 10.1. The highest BCUT2D eigenvalue weighted by Gasteiger charge is 2.23. The monoisotopic (exact) mass is 484 g/mol. The third-order valence-corrected chi connectivity index (χ3v) is 6.09.